The van der Waals surface area contributed by atoms with Crippen LogP contribution < -0.4 is 5.32 Å². The molecule has 0 aromatic carbocycles. The fraction of sp³-hybridized carbons (Fsp3) is 0.524. The van der Waals surface area contributed by atoms with Crippen molar-refractivity contribution in [1.82, 2.24) is 19.7 Å². The van der Waals surface area contributed by atoms with E-state index < -0.39 is 0 Å². The highest BCUT2D eigenvalue weighted by Crippen LogP contribution is 2.53. The van der Waals surface area contributed by atoms with Gasteiger partial charge in [-0.05, 0) is 62.3 Å². The van der Waals surface area contributed by atoms with Crippen molar-refractivity contribution in [3.8, 4) is 10.7 Å². The topological polar surface area (TPSA) is 72.7 Å². The van der Waals surface area contributed by atoms with Gasteiger partial charge in [-0.1, -0.05) is 24.2 Å². The Hall–Kier alpha value is -1.71. The lowest BCUT2D eigenvalue weighted by molar-refractivity contribution is -0.113. The minimum atomic E-state index is -0.0610. The molecule has 1 N–H and O–H groups in total. The number of aromatic nitrogens is 4. The molecular formula is C21H25N5OS3. The molecule has 2 bridgehead atoms. The van der Waals surface area contributed by atoms with E-state index in [2.05, 4.69) is 49.5 Å². The highest BCUT2D eigenvalue weighted by Gasteiger charge is 2.43. The molecule has 1 amide bonds. The lowest BCUT2D eigenvalue weighted by Crippen LogP contribution is -2.23. The van der Waals surface area contributed by atoms with Gasteiger partial charge >= 0.3 is 0 Å². The van der Waals surface area contributed by atoms with Crippen LogP contribution in [0.4, 0.5) is 5.13 Å². The second-order valence-corrected chi connectivity index (χ2v) is 11.1. The standard InChI is InChI=1S/C21H25N5OS3/c1-12-10-29-20(22-12)23-18(27)11-30-21-25-24-19(17-4-3-7-28-17)26(21)13(2)16-9-14-5-6-15(16)8-14/h3-4,7,10,13-16H,5-6,8-9,11H2,1-2H3,(H,22,23,27). The summed E-state index contributed by atoms with van der Waals surface area (Å²) in [6, 6.07) is 4.49. The molecule has 3 heterocycles. The van der Waals surface area contributed by atoms with Crippen LogP contribution in [0.2, 0.25) is 0 Å². The Labute approximate surface area is 188 Å². The first kappa shape index (κ1) is 20.2. The number of thiazole rings is 1. The van der Waals surface area contributed by atoms with Crippen molar-refractivity contribution in [3.05, 3.63) is 28.6 Å². The highest BCUT2D eigenvalue weighted by atomic mass is 32.2. The average molecular weight is 460 g/mol. The Morgan fingerprint density at radius 1 is 1.33 bits per heavy atom. The van der Waals surface area contributed by atoms with Crippen LogP contribution in [-0.2, 0) is 4.79 Å². The Morgan fingerprint density at radius 2 is 2.23 bits per heavy atom. The van der Waals surface area contributed by atoms with Gasteiger partial charge in [0, 0.05) is 11.4 Å². The molecule has 4 unspecified atom stereocenters. The molecule has 2 aliphatic carbocycles. The van der Waals surface area contributed by atoms with Gasteiger partial charge in [-0.2, -0.15) is 0 Å². The monoisotopic (exact) mass is 459 g/mol. The summed E-state index contributed by atoms with van der Waals surface area (Å²) in [4.78, 5) is 17.9. The molecule has 2 saturated carbocycles. The minimum Gasteiger partial charge on any atom is -0.301 e. The van der Waals surface area contributed by atoms with Crippen molar-refractivity contribution in [2.45, 2.75) is 50.7 Å². The molecular weight excluding hydrogens is 434 g/mol. The number of hydrogen-bond donors (Lipinski definition) is 1. The van der Waals surface area contributed by atoms with Gasteiger partial charge in [0.15, 0.2) is 16.1 Å². The number of carbonyl (C=O) groups excluding carboxylic acids is 1. The maximum absolute atomic E-state index is 12.5. The fourth-order valence-electron chi connectivity index (χ4n) is 5.09. The molecule has 0 saturated heterocycles. The van der Waals surface area contributed by atoms with E-state index in [4.69, 9.17) is 0 Å². The molecule has 0 aliphatic heterocycles. The molecule has 30 heavy (non-hydrogen) atoms. The number of nitrogens with one attached hydrogen (secondary N) is 1. The first-order valence-corrected chi connectivity index (χ1v) is 13.2. The first-order chi connectivity index (χ1) is 14.6. The zero-order valence-corrected chi connectivity index (χ0v) is 19.5. The summed E-state index contributed by atoms with van der Waals surface area (Å²) in [6.07, 6.45) is 5.44. The predicted octanol–water partition coefficient (Wildman–Crippen LogP) is 5.50. The number of anilines is 1. The number of thiophene rings is 1. The quantitative estimate of drug-likeness (QED) is 0.472. The van der Waals surface area contributed by atoms with E-state index in [0.29, 0.717) is 22.8 Å². The molecule has 2 aliphatic rings. The Kier molecular flexibility index (Phi) is 5.68. The number of aryl methyl sites for hydroxylation is 1. The van der Waals surface area contributed by atoms with Crippen molar-refractivity contribution < 1.29 is 4.79 Å². The van der Waals surface area contributed by atoms with Gasteiger partial charge in [0.25, 0.3) is 0 Å². The van der Waals surface area contributed by atoms with Crippen molar-refractivity contribution in [2.24, 2.45) is 17.8 Å². The largest absolute Gasteiger partial charge is 0.301 e. The van der Waals surface area contributed by atoms with Crippen LogP contribution >= 0.6 is 34.4 Å². The number of amides is 1. The minimum absolute atomic E-state index is 0.0610. The number of hydrogen-bond acceptors (Lipinski definition) is 7. The third-order valence-corrected chi connectivity index (χ3v) is 9.11. The van der Waals surface area contributed by atoms with Crippen LogP contribution in [0.15, 0.2) is 28.0 Å². The fourth-order valence-corrected chi connectivity index (χ4v) is 7.32. The van der Waals surface area contributed by atoms with Crippen LogP contribution in [0.5, 0.6) is 0 Å². The van der Waals surface area contributed by atoms with Crippen molar-refractivity contribution in [3.63, 3.8) is 0 Å². The lowest BCUT2D eigenvalue weighted by atomic mass is 9.84. The van der Waals surface area contributed by atoms with Crippen LogP contribution in [0.25, 0.3) is 10.7 Å². The van der Waals surface area contributed by atoms with Crippen molar-refractivity contribution in [1.29, 1.82) is 0 Å². The molecule has 0 spiro atoms. The van der Waals surface area contributed by atoms with Gasteiger partial charge in [-0.15, -0.1) is 32.9 Å². The predicted molar refractivity (Wildman–Crippen MR) is 123 cm³/mol. The third kappa shape index (κ3) is 3.94. The van der Waals surface area contributed by atoms with E-state index in [-0.39, 0.29) is 5.91 Å². The van der Waals surface area contributed by atoms with Gasteiger partial charge in [0.05, 0.1) is 16.3 Å². The van der Waals surface area contributed by atoms with E-state index in [0.717, 1.165) is 33.4 Å². The van der Waals surface area contributed by atoms with E-state index in [1.807, 2.05) is 12.3 Å². The van der Waals surface area contributed by atoms with Gasteiger partial charge in [-0.25, -0.2) is 4.98 Å². The van der Waals surface area contributed by atoms with E-state index in [1.165, 1.54) is 48.8 Å². The molecule has 3 aromatic rings. The van der Waals surface area contributed by atoms with Crippen LogP contribution in [0.3, 0.4) is 0 Å². The van der Waals surface area contributed by atoms with Crippen molar-refractivity contribution >= 4 is 45.5 Å². The molecule has 4 atom stereocenters. The number of fused-ring (bicyclic) bond motifs is 2. The SMILES string of the molecule is Cc1csc(NC(=O)CSc2nnc(-c3cccs3)n2C(C)C2CC3CCC2C3)n1. The van der Waals surface area contributed by atoms with Gasteiger partial charge in [0.1, 0.15) is 0 Å². The first-order valence-electron chi connectivity index (χ1n) is 10.4. The second kappa shape index (κ2) is 8.43. The smallest absolute Gasteiger partial charge is 0.236 e. The summed E-state index contributed by atoms with van der Waals surface area (Å²) >= 11 is 4.60. The molecule has 9 heteroatoms. The van der Waals surface area contributed by atoms with Crippen molar-refractivity contribution in [2.75, 3.05) is 11.1 Å². The number of thioether (sulfide) groups is 1. The molecule has 5 rings (SSSR count). The maximum Gasteiger partial charge on any atom is 0.236 e. The van der Waals surface area contributed by atoms with Crippen LogP contribution in [-0.4, -0.2) is 31.4 Å². The average Bonchev–Trinajstić information content (AvgIpc) is 3.54. The number of carbonyl (C=O) groups is 1. The lowest BCUT2D eigenvalue weighted by Gasteiger charge is -2.30. The zero-order chi connectivity index (χ0) is 20.7. The second-order valence-electron chi connectivity index (χ2n) is 8.36. The summed E-state index contributed by atoms with van der Waals surface area (Å²) in [6.45, 7) is 4.24. The Morgan fingerprint density at radius 3 is 2.90 bits per heavy atom. The normalized spacial score (nSPS) is 23.7. The number of rotatable bonds is 7. The third-order valence-electron chi connectivity index (χ3n) is 6.42. The summed E-state index contributed by atoms with van der Waals surface area (Å²) in [7, 11) is 0. The van der Waals surface area contributed by atoms with E-state index >= 15 is 0 Å². The zero-order valence-electron chi connectivity index (χ0n) is 17.1. The highest BCUT2D eigenvalue weighted by molar-refractivity contribution is 7.99. The summed E-state index contributed by atoms with van der Waals surface area (Å²) in [5.74, 6) is 3.55. The molecule has 6 nitrogen and oxygen atoms in total. The Balaban J connectivity index is 1.36. The van der Waals surface area contributed by atoms with Gasteiger partial charge in [-0.3, -0.25) is 9.36 Å². The van der Waals surface area contributed by atoms with Crippen LogP contribution in [0, 0.1) is 24.7 Å². The van der Waals surface area contributed by atoms with Gasteiger partial charge in [0.2, 0.25) is 5.91 Å². The molecule has 158 valence electrons. The summed E-state index contributed by atoms with van der Waals surface area (Å²) < 4.78 is 2.29. The molecule has 3 aromatic heterocycles. The molecule has 2 fully saturated rings. The van der Waals surface area contributed by atoms with Crippen LogP contribution in [0.1, 0.15) is 44.3 Å². The summed E-state index contributed by atoms with van der Waals surface area (Å²) in [5.41, 5.74) is 0.919. The number of nitrogens with zero attached hydrogens (tertiary/aromatic N) is 4. The summed E-state index contributed by atoms with van der Waals surface area (Å²) in [5, 5.41) is 17.4. The van der Waals surface area contributed by atoms with E-state index in [9.17, 15) is 4.79 Å². The maximum atomic E-state index is 12.5. The molecule has 0 radical (unpaired) electrons. The van der Waals surface area contributed by atoms with E-state index in [1.54, 1.807) is 11.3 Å². The van der Waals surface area contributed by atoms with Gasteiger partial charge < -0.3 is 5.32 Å². The Bertz CT molecular complexity index is 1030.